The SMILES string of the molecule is O=CN1CCN(CC(=O)N2CCNC(=O)C2CC(=O)Nc2ccc(Br)cc2)CC1. The first kappa shape index (κ1) is 21.3. The van der Waals surface area contributed by atoms with Crippen LogP contribution in [0.2, 0.25) is 0 Å². The van der Waals surface area contributed by atoms with Gasteiger partial charge < -0.3 is 20.4 Å². The Morgan fingerprint density at radius 3 is 2.48 bits per heavy atom. The third-order valence-electron chi connectivity index (χ3n) is 5.07. The zero-order valence-electron chi connectivity index (χ0n) is 16.0. The number of anilines is 1. The number of rotatable bonds is 6. The molecule has 1 unspecified atom stereocenters. The smallest absolute Gasteiger partial charge is 0.243 e. The van der Waals surface area contributed by atoms with Crippen molar-refractivity contribution < 1.29 is 19.2 Å². The molecule has 2 fully saturated rings. The Morgan fingerprint density at radius 1 is 1.14 bits per heavy atom. The number of piperazine rings is 2. The van der Waals surface area contributed by atoms with E-state index in [2.05, 4.69) is 26.6 Å². The molecule has 2 aliphatic rings. The lowest BCUT2D eigenvalue weighted by molar-refractivity contribution is -0.145. The minimum Gasteiger partial charge on any atom is -0.353 e. The number of hydrogen-bond acceptors (Lipinski definition) is 5. The van der Waals surface area contributed by atoms with E-state index in [9.17, 15) is 19.2 Å². The van der Waals surface area contributed by atoms with E-state index >= 15 is 0 Å². The average molecular weight is 466 g/mol. The molecule has 1 aromatic rings. The summed E-state index contributed by atoms with van der Waals surface area (Å²) in [7, 11) is 0. The minimum absolute atomic E-state index is 0.105. The van der Waals surface area contributed by atoms with Crippen LogP contribution in [0.25, 0.3) is 0 Å². The van der Waals surface area contributed by atoms with Crippen molar-refractivity contribution in [1.82, 2.24) is 20.0 Å². The molecule has 0 spiro atoms. The maximum Gasteiger partial charge on any atom is 0.243 e. The van der Waals surface area contributed by atoms with E-state index in [-0.39, 0.29) is 30.7 Å². The second-order valence-electron chi connectivity index (χ2n) is 7.07. The van der Waals surface area contributed by atoms with E-state index in [1.807, 2.05) is 17.0 Å². The largest absolute Gasteiger partial charge is 0.353 e. The second-order valence-corrected chi connectivity index (χ2v) is 7.99. The monoisotopic (exact) mass is 465 g/mol. The lowest BCUT2D eigenvalue weighted by Gasteiger charge is -2.37. The molecule has 29 heavy (non-hydrogen) atoms. The molecule has 0 aliphatic carbocycles. The van der Waals surface area contributed by atoms with Crippen LogP contribution in [0.3, 0.4) is 0 Å². The third-order valence-corrected chi connectivity index (χ3v) is 5.60. The van der Waals surface area contributed by atoms with E-state index in [0.29, 0.717) is 45.0 Å². The van der Waals surface area contributed by atoms with Gasteiger partial charge in [0.05, 0.1) is 13.0 Å². The van der Waals surface area contributed by atoms with E-state index in [0.717, 1.165) is 10.9 Å². The predicted molar refractivity (Wildman–Crippen MR) is 110 cm³/mol. The second kappa shape index (κ2) is 9.84. The van der Waals surface area contributed by atoms with Crippen molar-refractivity contribution in [3.8, 4) is 0 Å². The first-order valence-electron chi connectivity index (χ1n) is 9.50. The summed E-state index contributed by atoms with van der Waals surface area (Å²) < 4.78 is 0.896. The summed E-state index contributed by atoms with van der Waals surface area (Å²) in [6.45, 7) is 3.29. The standard InChI is InChI=1S/C19H24BrN5O4/c20-14-1-3-15(4-2-14)22-17(27)11-16-19(29)21-5-6-25(16)18(28)12-23-7-9-24(13-26)10-8-23/h1-4,13,16H,5-12H2,(H,21,29)(H,22,27). The maximum atomic E-state index is 12.8. The number of amides is 4. The molecule has 4 amide bonds. The Bertz CT molecular complexity index is 764. The van der Waals surface area contributed by atoms with Crippen LogP contribution in [0.4, 0.5) is 5.69 Å². The molecule has 10 heteroatoms. The minimum atomic E-state index is -0.831. The third kappa shape index (κ3) is 5.77. The van der Waals surface area contributed by atoms with Crippen LogP contribution >= 0.6 is 15.9 Å². The van der Waals surface area contributed by atoms with Gasteiger partial charge in [-0.15, -0.1) is 0 Å². The number of carbonyl (C=O) groups excluding carboxylic acids is 4. The molecule has 0 bridgehead atoms. The molecule has 2 aliphatic heterocycles. The molecule has 2 heterocycles. The van der Waals surface area contributed by atoms with Gasteiger partial charge in [0.1, 0.15) is 6.04 Å². The zero-order chi connectivity index (χ0) is 20.8. The van der Waals surface area contributed by atoms with E-state index in [1.165, 1.54) is 4.90 Å². The molecule has 3 rings (SSSR count). The summed E-state index contributed by atoms with van der Waals surface area (Å²) >= 11 is 3.34. The van der Waals surface area contributed by atoms with E-state index in [1.54, 1.807) is 17.0 Å². The topological polar surface area (TPSA) is 102 Å². The van der Waals surface area contributed by atoms with Crippen LogP contribution in [0.5, 0.6) is 0 Å². The summed E-state index contributed by atoms with van der Waals surface area (Å²) in [6, 6.07) is 6.30. The highest BCUT2D eigenvalue weighted by Crippen LogP contribution is 2.16. The fourth-order valence-corrected chi connectivity index (χ4v) is 3.71. The first-order chi connectivity index (χ1) is 14.0. The molecule has 0 saturated carbocycles. The van der Waals surface area contributed by atoms with Gasteiger partial charge in [0.25, 0.3) is 0 Å². The highest BCUT2D eigenvalue weighted by atomic mass is 79.9. The molecule has 156 valence electrons. The molecule has 9 nitrogen and oxygen atoms in total. The quantitative estimate of drug-likeness (QED) is 0.570. The van der Waals surface area contributed by atoms with Crippen molar-refractivity contribution in [3.05, 3.63) is 28.7 Å². The van der Waals surface area contributed by atoms with Gasteiger partial charge in [0.2, 0.25) is 24.1 Å². The Kier molecular flexibility index (Phi) is 7.21. The van der Waals surface area contributed by atoms with Crippen LogP contribution in [0.1, 0.15) is 6.42 Å². The predicted octanol–water partition coefficient (Wildman–Crippen LogP) is -0.121. The van der Waals surface area contributed by atoms with Gasteiger partial charge in [0.15, 0.2) is 0 Å². The van der Waals surface area contributed by atoms with Gasteiger partial charge in [0, 0.05) is 49.4 Å². The van der Waals surface area contributed by atoms with E-state index < -0.39 is 6.04 Å². The lowest BCUT2D eigenvalue weighted by Crippen LogP contribution is -2.60. The summed E-state index contributed by atoms with van der Waals surface area (Å²) in [5.74, 6) is -0.825. The van der Waals surface area contributed by atoms with Crippen molar-refractivity contribution >= 4 is 45.7 Å². The summed E-state index contributed by atoms with van der Waals surface area (Å²) in [5, 5.41) is 5.49. The van der Waals surface area contributed by atoms with Crippen molar-refractivity contribution in [3.63, 3.8) is 0 Å². The summed E-state index contributed by atoms with van der Waals surface area (Å²) in [5.41, 5.74) is 0.625. The molecular formula is C19H24BrN5O4. The highest BCUT2D eigenvalue weighted by Gasteiger charge is 2.35. The van der Waals surface area contributed by atoms with Crippen molar-refractivity contribution in [2.24, 2.45) is 0 Å². The van der Waals surface area contributed by atoms with Crippen LogP contribution in [0, 0.1) is 0 Å². The van der Waals surface area contributed by atoms with E-state index in [4.69, 9.17) is 0 Å². The summed E-state index contributed by atoms with van der Waals surface area (Å²) in [6.07, 6.45) is 0.709. The molecular weight excluding hydrogens is 442 g/mol. The highest BCUT2D eigenvalue weighted by molar-refractivity contribution is 9.10. The number of benzene rings is 1. The van der Waals surface area contributed by atoms with Gasteiger partial charge >= 0.3 is 0 Å². The maximum absolute atomic E-state index is 12.8. The van der Waals surface area contributed by atoms with Gasteiger partial charge in [-0.05, 0) is 24.3 Å². The Balaban J connectivity index is 1.58. The van der Waals surface area contributed by atoms with Gasteiger partial charge in [-0.1, -0.05) is 15.9 Å². The number of carbonyl (C=O) groups is 4. The Morgan fingerprint density at radius 2 is 1.83 bits per heavy atom. The van der Waals surface area contributed by atoms with Crippen molar-refractivity contribution in [2.75, 3.05) is 51.1 Å². The Hall–Kier alpha value is -2.46. The molecule has 1 aromatic carbocycles. The molecule has 2 N–H and O–H groups in total. The number of halogens is 1. The molecule has 1 atom stereocenters. The lowest BCUT2D eigenvalue weighted by atomic mass is 10.1. The van der Waals surface area contributed by atoms with Gasteiger partial charge in [-0.3, -0.25) is 24.1 Å². The first-order valence-corrected chi connectivity index (χ1v) is 10.3. The number of hydrogen-bond donors (Lipinski definition) is 2. The summed E-state index contributed by atoms with van der Waals surface area (Å²) in [4.78, 5) is 53.6. The Labute approximate surface area is 177 Å². The number of nitrogens with one attached hydrogen (secondary N) is 2. The average Bonchev–Trinajstić information content (AvgIpc) is 2.71. The normalized spacial score (nSPS) is 20.2. The van der Waals surface area contributed by atoms with Crippen LogP contribution < -0.4 is 10.6 Å². The molecule has 0 radical (unpaired) electrons. The molecule has 0 aromatic heterocycles. The van der Waals surface area contributed by atoms with Crippen molar-refractivity contribution in [1.29, 1.82) is 0 Å². The van der Waals surface area contributed by atoms with Crippen molar-refractivity contribution in [2.45, 2.75) is 12.5 Å². The van der Waals surface area contributed by atoms with Crippen LogP contribution in [0.15, 0.2) is 28.7 Å². The fourth-order valence-electron chi connectivity index (χ4n) is 3.45. The van der Waals surface area contributed by atoms with Crippen LogP contribution in [-0.2, 0) is 19.2 Å². The molecule has 2 saturated heterocycles. The van der Waals surface area contributed by atoms with Gasteiger partial charge in [-0.25, -0.2) is 0 Å². The zero-order valence-corrected chi connectivity index (χ0v) is 17.6. The van der Waals surface area contributed by atoms with Crippen LogP contribution in [-0.4, -0.2) is 90.7 Å². The van der Waals surface area contributed by atoms with Gasteiger partial charge in [-0.2, -0.15) is 0 Å². The number of nitrogens with zero attached hydrogens (tertiary/aromatic N) is 3. The fraction of sp³-hybridized carbons (Fsp3) is 0.474.